The van der Waals surface area contributed by atoms with E-state index in [9.17, 15) is 0 Å². The van der Waals surface area contributed by atoms with Crippen LogP contribution in [0, 0.1) is 5.41 Å². The number of nitrogens with zero attached hydrogens (tertiary/aromatic N) is 1. The fraction of sp³-hybridized carbons (Fsp3) is 0.588. The number of benzene rings is 1. The highest BCUT2D eigenvalue weighted by Crippen LogP contribution is 2.34. The highest BCUT2D eigenvalue weighted by atomic mass is 32.2. The summed E-state index contributed by atoms with van der Waals surface area (Å²) in [5.74, 6) is 1.21. The van der Waals surface area contributed by atoms with Gasteiger partial charge in [0.1, 0.15) is 0 Å². The minimum absolute atomic E-state index is 0.444. The lowest BCUT2D eigenvalue weighted by Gasteiger charge is -2.33. The normalized spacial score (nSPS) is 17.6. The highest BCUT2D eigenvalue weighted by molar-refractivity contribution is 8.13. The van der Waals surface area contributed by atoms with Gasteiger partial charge in [0.05, 0.1) is 0 Å². The summed E-state index contributed by atoms with van der Waals surface area (Å²) < 4.78 is 0. The zero-order valence-corrected chi connectivity index (χ0v) is 13.5. The Morgan fingerprint density at radius 2 is 1.95 bits per heavy atom. The predicted octanol–water partition coefficient (Wildman–Crippen LogP) is 4.12. The molecule has 0 saturated heterocycles. The standard InChI is InChI=1S/C17H26N2S/c1-3-17(4-2)13-19-16(20-14-17)18-12-8-11-15-9-6-5-7-10-15/h5-7,9-10H,3-4,8,11-14H2,1-2H3,(H,18,19). The number of aliphatic imine (C=N–C) groups is 1. The Balaban J connectivity index is 1.69. The van der Waals surface area contributed by atoms with Crippen molar-refractivity contribution < 1.29 is 0 Å². The third-order valence-corrected chi connectivity index (χ3v) is 5.64. The van der Waals surface area contributed by atoms with Gasteiger partial charge >= 0.3 is 0 Å². The fourth-order valence-electron chi connectivity index (χ4n) is 2.47. The minimum Gasteiger partial charge on any atom is -0.365 e. The fourth-order valence-corrected chi connectivity index (χ4v) is 3.77. The molecule has 0 unspecified atom stereocenters. The van der Waals surface area contributed by atoms with Gasteiger partial charge in [0.15, 0.2) is 5.17 Å². The summed E-state index contributed by atoms with van der Waals surface area (Å²) in [6, 6.07) is 10.7. The zero-order valence-electron chi connectivity index (χ0n) is 12.7. The molecular weight excluding hydrogens is 264 g/mol. The first-order valence-electron chi connectivity index (χ1n) is 7.73. The Labute approximate surface area is 127 Å². The molecule has 0 radical (unpaired) electrons. The molecule has 110 valence electrons. The van der Waals surface area contributed by atoms with E-state index in [1.165, 1.54) is 24.2 Å². The molecule has 1 aromatic rings. The van der Waals surface area contributed by atoms with Crippen molar-refractivity contribution in [3.8, 4) is 0 Å². The maximum atomic E-state index is 4.74. The highest BCUT2D eigenvalue weighted by Gasteiger charge is 2.29. The second-order valence-corrected chi connectivity index (χ2v) is 6.60. The number of rotatable bonds is 6. The second-order valence-electron chi connectivity index (χ2n) is 5.63. The first-order chi connectivity index (χ1) is 9.78. The van der Waals surface area contributed by atoms with Crippen LogP contribution in [0.25, 0.3) is 0 Å². The molecule has 0 atom stereocenters. The topological polar surface area (TPSA) is 24.4 Å². The summed E-state index contributed by atoms with van der Waals surface area (Å²) >= 11 is 1.90. The van der Waals surface area contributed by atoms with Crippen LogP contribution in [-0.4, -0.2) is 24.0 Å². The molecule has 0 fully saturated rings. The largest absolute Gasteiger partial charge is 0.365 e. The second kappa shape index (κ2) is 7.72. The number of hydrogen-bond acceptors (Lipinski definition) is 3. The van der Waals surface area contributed by atoms with Crippen molar-refractivity contribution in [2.24, 2.45) is 10.4 Å². The van der Waals surface area contributed by atoms with Crippen molar-refractivity contribution in [1.29, 1.82) is 0 Å². The first-order valence-corrected chi connectivity index (χ1v) is 8.71. The molecule has 1 aliphatic heterocycles. The predicted molar refractivity (Wildman–Crippen MR) is 90.5 cm³/mol. The molecule has 0 aromatic heterocycles. The maximum Gasteiger partial charge on any atom is 0.156 e. The minimum atomic E-state index is 0.444. The van der Waals surface area contributed by atoms with Crippen LogP contribution in [0.1, 0.15) is 38.7 Å². The van der Waals surface area contributed by atoms with E-state index in [0.29, 0.717) is 5.41 Å². The monoisotopic (exact) mass is 290 g/mol. The Morgan fingerprint density at radius 1 is 1.20 bits per heavy atom. The van der Waals surface area contributed by atoms with Crippen molar-refractivity contribution >= 4 is 16.9 Å². The van der Waals surface area contributed by atoms with Crippen molar-refractivity contribution in [3.63, 3.8) is 0 Å². The van der Waals surface area contributed by atoms with Crippen LogP contribution in [0.2, 0.25) is 0 Å². The molecule has 1 aliphatic rings. The summed E-state index contributed by atoms with van der Waals surface area (Å²) in [6.45, 7) is 6.59. The third kappa shape index (κ3) is 4.27. The molecule has 1 N–H and O–H groups in total. The smallest absolute Gasteiger partial charge is 0.156 e. The van der Waals surface area contributed by atoms with Gasteiger partial charge in [-0.25, -0.2) is 0 Å². The van der Waals surface area contributed by atoms with Gasteiger partial charge in [0, 0.05) is 18.8 Å². The lowest BCUT2D eigenvalue weighted by atomic mass is 9.84. The van der Waals surface area contributed by atoms with Crippen molar-refractivity contribution in [2.75, 3.05) is 18.8 Å². The van der Waals surface area contributed by atoms with E-state index < -0.39 is 0 Å². The lowest BCUT2D eigenvalue weighted by molar-refractivity contribution is 0.318. The molecular formula is C17H26N2S. The van der Waals surface area contributed by atoms with Crippen molar-refractivity contribution in [2.45, 2.75) is 39.5 Å². The quantitative estimate of drug-likeness (QED) is 0.797. The number of hydrogen-bond donors (Lipinski definition) is 1. The van der Waals surface area contributed by atoms with Crippen LogP contribution in [-0.2, 0) is 6.42 Å². The summed E-state index contributed by atoms with van der Waals surface area (Å²) in [7, 11) is 0. The lowest BCUT2D eigenvalue weighted by Crippen LogP contribution is -2.35. The summed E-state index contributed by atoms with van der Waals surface area (Å²) in [4.78, 5) is 4.74. The first kappa shape index (κ1) is 15.4. The van der Waals surface area contributed by atoms with Crippen LogP contribution in [0.5, 0.6) is 0 Å². The van der Waals surface area contributed by atoms with E-state index >= 15 is 0 Å². The van der Waals surface area contributed by atoms with Crippen LogP contribution < -0.4 is 5.32 Å². The van der Waals surface area contributed by atoms with Crippen LogP contribution >= 0.6 is 11.8 Å². The van der Waals surface area contributed by atoms with Gasteiger partial charge in [-0.2, -0.15) is 0 Å². The van der Waals surface area contributed by atoms with Gasteiger partial charge in [0.2, 0.25) is 0 Å². The van der Waals surface area contributed by atoms with E-state index in [1.807, 2.05) is 11.8 Å². The van der Waals surface area contributed by atoms with Gasteiger partial charge < -0.3 is 5.32 Å². The van der Waals surface area contributed by atoms with E-state index in [4.69, 9.17) is 4.99 Å². The van der Waals surface area contributed by atoms with Crippen molar-refractivity contribution in [3.05, 3.63) is 35.9 Å². The van der Waals surface area contributed by atoms with Crippen LogP contribution in [0.4, 0.5) is 0 Å². The molecule has 2 rings (SSSR count). The third-order valence-electron chi connectivity index (χ3n) is 4.33. The summed E-state index contributed by atoms with van der Waals surface area (Å²) in [6.07, 6.45) is 4.78. The molecule has 0 spiro atoms. The summed E-state index contributed by atoms with van der Waals surface area (Å²) in [5, 5.41) is 4.64. The Hall–Kier alpha value is -0.960. The molecule has 2 nitrogen and oxygen atoms in total. The molecule has 1 aromatic carbocycles. The van der Waals surface area contributed by atoms with E-state index in [1.54, 1.807) is 0 Å². The molecule has 0 aliphatic carbocycles. The Morgan fingerprint density at radius 3 is 2.55 bits per heavy atom. The van der Waals surface area contributed by atoms with Gasteiger partial charge in [-0.05, 0) is 36.7 Å². The number of amidine groups is 1. The van der Waals surface area contributed by atoms with Crippen LogP contribution in [0.15, 0.2) is 35.3 Å². The number of thioether (sulfide) groups is 1. The van der Waals surface area contributed by atoms with Gasteiger partial charge in [-0.3, -0.25) is 4.99 Å². The van der Waals surface area contributed by atoms with E-state index in [-0.39, 0.29) is 0 Å². The Kier molecular flexibility index (Phi) is 5.96. The summed E-state index contributed by atoms with van der Waals surface area (Å²) in [5.41, 5.74) is 1.86. The maximum absolute atomic E-state index is 4.74. The SMILES string of the molecule is CCC1(CC)CN=C(NCCCc2ccccc2)SC1. The van der Waals surface area contributed by atoms with E-state index in [2.05, 4.69) is 49.5 Å². The van der Waals surface area contributed by atoms with Gasteiger partial charge in [0.25, 0.3) is 0 Å². The molecule has 0 bridgehead atoms. The van der Waals surface area contributed by atoms with Gasteiger partial charge in [-0.1, -0.05) is 55.9 Å². The van der Waals surface area contributed by atoms with Crippen molar-refractivity contribution in [1.82, 2.24) is 5.32 Å². The zero-order chi connectivity index (χ0) is 14.3. The molecule has 0 saturated carbocycles. The molecule has 0 amide bonds. The van der Waals surface area contributed by atoms with Crippen LogP contribution in [0.3, 0.4) is 0 Å². The van der Waals surface area contributed by atoms with Gasteiger partial charge in [-0.15, -0.1) is 0 Å². The number of nitrogens with one attached hydrogen (secondary N) is 1. The molecule has 3 heteroatoms. The molecule has 1 heterocycles. The molecule has 20 heavy (non-hydrogen) atoms. The Bertz CT molecular complexity index is 424. The van der Waals surface area contributed by atoms with E-state index in [0.717, 1.165) is 31.1 Å². The number of aryl methyl sites for hydroxylation is 1. The average Bonchev–Trinajstić information content (AvgIpc) is 2.53. The average molecular weight is 290 g/mol.